The molecule has 0 aromatic carbocycles. The summed E-state index contributed by atoms with van der Waals surface area (Å²) in [6, 6.07) is 4.75. The molecular formula is C20H24N6. The highest BCUT2D eigenvalue weighted by Crippen LogP contribution is 2.37. The van der Waals surface area contributed by atoms with Crippen molar-refractivity contribution < 1.29 is 0 Å². The zero-order valence-corrected chi connectivity index (χ0v) is 14.8. The number of allylic oxidation sites excluding steroid dienone is 2. The maximum absolute atomic E-state index is 6.54. The molecule has 3 aliphatic rings. The number of fused-ring (bicyclic) bond motifs is 2. The molecule has 2 fully saturated rings. The number of rotatable bonds is 2. The Hall–Kier alpha value is -2.60. The molecule has 134 valence electrons. The normalized spacial score (nSPS) is 24.1. The lowest BCUT2D eigenvalue weighted by Gasteiger charge is -2.26. The van der Waals surface area contributed by atoms with Crippen LogP contribution in [-0.4, -0.2) is 26.9 Å². The molecule has 0 bridgehead atoms. The summed E-state index contributed by atoms with van der Waals surface area (Å²) in [5.41, 5.74) is 14.4. The van der Waals surface area contributed by atoms with E-state index in [0.29, 0.717) is 6.04 Å². The molecule has 1 atom stereocenters. The minimum atomic E-state index is 0.00708. The van der Waals surface area contributed by atoms with Crippen molar-refractivity contribution >= 4 is 16.9 Å². The number of pyridine rings is 1. The maximum atomic E-state index is 6.54. The third kappa shape index (κ3) is 2.52. The number of hydrogen-bond acceptors (Lipinski definition) is 5. The molecule has 1 unspecified atom stereocenters. The van der Waals surface area contributed by atoms with Crippen molar-refractivity contribution in [2.75, 3.05) is 0 Å². The fraction of sp³-hybridized carbons (Fsp3) is 0.400. The minimum Gasteiger partial charge on any atom is -0.402 e. The molecule has 1 saturated heterocycles. The number of aliphatic imine (C=N–C) groups is 1. The van der Waals surface area contributed by atoms with Gasteiger partial charge in [-0.1, -0.05) is 18.9 Å². The Morgan fingerprint density at radius 3 is 3.00 bits per heavy atom. The van der Waals surface area contributed by atoms with Crippen LogP contribution < -0.4 is 11.2 Å². The number of amidine groups is 1. The quantitative estimate of drug-likeness (QED) is 0.778. The zero-order valence-electron chi connectivity index (χ0n) is 14.8. The summed E-state index contributed by atoms with van der Waals surface area (Å²) in [7, 11) is 0. The average Bonchev–Trinajstić information content (AvgIpc) is 3.37. The molecule has 6 heteroatoms. The number of hydrogen-bond donors (Lipinski definition) is 3. The van der Waals surface area contributed by atoms with E-state index in [1.54, 1.807) is 0 Å². The number of aromatic amines is 1. The molecule has 0 radical (unpaired) electrons. The van der Waals surface area contributed by atoms with Gasteiger partial charge in [-0.15, -0.1) is 0 Å². The highest BCUT2D eigenvalue weighted by molar-refractivity contribution is 6.02. The Bertz CT molecular complexity index is 915. The topological polar surface area (TPSA) is 82.3 Å². The summed E-state index contributed by atoms with van der Waals surface area (Å²) in [6.07, 6.45) is 14.7. The van der Waals surface area contributed by atoms with Crippen LogP contribution in [0.5, 0.6) is 0 Å². The van der Waals surface area contributed by atoms with Gasteiger partial charge in [0.05, 0.1) is 6.04 Å². The smallest absolute Gasteiger partial charge is 0.149 e. The molecule has 26 heavy (non-hydrogen) atoms. The van der Waals surface area contributed by atoms with Crippen molar-refractivity contribution in [2.24, 2.45) is 10.7 Å². The first-order chi connectivity index (χ1) is 12.8. The number of nitrogens with zero attached hydrogens (tertiary/aromatic N) is 3. The van der Waals surface area contributed by atoms with Crippen molar-refractivity contribution in [3.05, 3.63) is 53.6 Å². The van der Waals surface area contributed by atoms with Crippen LogP contribution in [0.2, 0.25) is 0 Å². The predicted octanol–water partition coefficient (Wildman–Crippen LogP) is 3.29. The molecule has 5 rings (SSSR count). The molecule has 4 N–H and O–H groups in total. The maximum Gasteiger partial charge on any atom is 0.149 e. The molecule has 0 spiro atoms. The largest absolute Gasteiger partial charge is 0.402 e. The van der Waals surface area contributed by atoms with Crippen LogP contribution in [0.3, 0.4) is 0 Å². The molecular weight excluding hydrogens is 324 g/mol. The Kier molecular flexibility index (Phi) is 3.78. The highest BCUT2D eigenvalue weighted by atomic mass is 15.6. The van der Waals surface area contributed by atoms with E-state index in [9.17, 15) is 0 Å². The second kappa shape index (κ2) is 6.29. The first-order valence-corrected chi connectivity index (χ1v) is 9.51. The molecule has 2 aromatic heterocycles. The van der Waals surface area contributed by atoms with Crippen molar-refractivity contribution in [3.63, 3.8) is 0 Å². The van der Waals surface area contributed by atoms with Crippen LogP contribution >= 0.6 is 0 Å². The van der Waals surface area contributed by atoms with E-state index in [1.807, 2.05) is 18.6 Å². The molecule has 1 saturated carbocycles. The summed E-state index contributed by atoms with van der Waals surface area (Å²) in [5, 5.41) is 3.39. The SMILES string of the molecule is NC1=C2C(=NC=CCC1)N(C1CCCC1)NC2c1cnc2[nH]ccc2c1. The van der Waals surface area contributed by atoms with Crippen LogP contribution in [0.15, 0.2) is 53.1 Å². The zero-order chi connectivity index (χ0) is 17.5. The molecule has 1 aliphatic carbocycles. The first kappa shape index (κ1) is 15.6. The summed E-state index contributed by atoms with van der Waals surface area (Å²) < 4.78 is 0. The van der Waals surface area contributed by atoms with Gasteiger partial charge in [0.1, 0.15) is 11.5 Å². The lowest BCUT2D eigenvalue weighted by molar-refractivity contribution is 0.236. The highest BCUT2D eigenvalue weighted by Gasteiger charge is 2.40. The van der Waals surface area contributed by atoms with Gasteiger partial charge in [0, 0.05) is 41.3 Å². The van der Waals surface area contributed by atoms with Gasteiger partial charge in [0.25, 0.3) is 0 Å². The molecule has 0 amide bonds. The molecule has 2 aliphatic heterocycles. The molecule has 2 aromatic rings. The van der Waals surface area contributed by atoms with E-state index in [-0.39, 0.29) is 6.04 Å². The first-order valence-electron chi connectivity index (χ1n) is 9.51. The van der Waals surface area contributed by atoms with Crippen LogP contribution in [0, 0.1) is 0 Å². The number of aromatic nitrogens is 2. The van der Waals surface area contributed by atoms with E-state index >= 15 is 0 Å². The van der Waals surface area contributed by atoms with Gasteiger partial charge in [0.15, 0.2) is 0 Å². The Morgan fingerprint density at radius 2 is 2.12 bits per heavy atom. The van der Waals surface area contributed by atoms with Gasteiger partial charge < -0.3 is 10.7 Å². The van der Waals surface area contributed by atoms with Crippen molar-refractivity contribution in [2.45, 2.75) is 50.6 Å². The Labute approximate surface area is 152 Å². The van der Waals surface area contributed by atoms with Crippen molar-refractivity contribution in [3.8, 4) is 0 Å². The fourth-order valence-electron chi connectivity index (χ4n) is 4.35. The summed E-state index contributed by atoms with van der Waals surface area (Å²) >= 11 is 0. The minimum absolute atomic E-state index is 0.00708. The van der Waals surface area contributed by atoms with E-state index in [4.69, 9.17) is 10.7 Å². The van der Waals surface area contributed by atoms with Crippen molar-refractivity contribution in [1.82, 2.24) is 20.4 Å². The fourth-order valence-corrected chi connectivity index (χ4v) is 4.35. The third-order valence-electron chi connectivity index (χ3n) is 5.70. The van der Waals surface area contributed by atoms with E-state index in [1.165, 1.54) is 25.7 Å². The van der Waals surface area contributed by atoms with Gasteiger partial charge in [0.2, 0.25) is 0 Å². The second-order valence-electron chi connectivity index (χ2n) is 7.37. The monoisotopic (exact) mass is 348 g/mol. The van der Waals surface area contributed by atoms with E-state index in [0.717, 1.165) is 46.5 Å². The van der Waals surface area contributed by atoms with Crippen LogP contribution in [0.4, 0.5) is 0 Å². The van der Waals surface area contributed by atoms with Gasteiger partial charge in [-0.05, 0) is 43.4 Å². The van der Waals surface area contributed by atoms with Crippen LogP contribution in [0.1, 0.15) is 50.1 Å². The van der Waals surface area contributed by atoms with Gasteiger partial charge in [-0.2, -0.15) is 0 Å². The number of nitrogens with one attached hydrogen (secondary N) is 2. The van der Waals surface area contributed by atoms with Gasteiger partial charge in [-0.3, -0.25) is 5.01 Å². The average molecular weight is 348 g/mol. The van der Waals surface area contributed by atoms with Gasteiger partial charge >= 0.3 is 0 Å². The Balaban J connectivity index is 1.61. The van der Waals surface area contributed by atoms with E-state index < -0.39 is 0 Å². The number of H-pyrrole nitrogens is 1. The summed E-state index contributed by atoms with van der Waals surface area (Å²) in [5.74, 6) is 0.990. The van der Waals surface area contributed by atoms with Crippen LogP contribution in [-0.2, 0) is 0 Å². The number of nitrogens with two attached hydrogens (primary N) is 1. The van der Waals surface area contributed by atoms with E-state index in [2.05, 4.69) is 38.6 Å². The van der Waals surface area contributed by atoms with Crippen molar-refractivity contribution in [1.29, 1.82) is 0 Å². The molecule has 4 heterocycles. The molecule has 6 nitrogen and oxygen atoms in total. The Morgan fingerprint density at radius 1 is 1.23 bits per heavy atom. The second-order valence-corrected chi connectivity index (χ2v) is 7.37. The lowest BCUT2D eigenvalue weighted by Crippen LogP contribution is -2.42. The summed E-state index contributed by atoms with van der Waals surface area (Å²) in [4.78, 5) is 12.5. The lowest BCUT2D eigenvalue weighted by atomic mass is 9.96. The third-order valence-corrected chi connectivity index (χ3v) is 5.70. The van der Waals surface area contributed by atoms with Gasteiger partial charge in [-0.25, -0.2) is 15.4 Å². The summed E-state index contributed by atoms with van der Waals surface area (Å²) in [6.45, 7) is 0. The standard InChI is InChI=1S/C20H24N6/c21-16-7-3-4-9-23-20-17(16)18(25-26(20)15-5-1-2-6-15)14-11-13-8-10-22-19(13)24-12-14/h4,8-12,15,18,25H,1-3,5-7,21H2,(H,22,24). The van der Waals surface area contributed by atoms with Crippen LogP contribution in [0.25, 0.3) is 11.0 Å². The number of hydrazine groups is 1. The predicted molar refractivity (Wildman–Crippen MR) is 103 cm³/mol.